The zero-order valence-electron chi connectivity index (χ0n) is 13.3. The van der Waals surface area contributed by atoms with Crippen LogP contribution < -0.4 is 5.56 Å². The van der Waals surface area contributed by atoms with Crippen LogP contribution >= 0.6 is 0 Å². The van der Waals surface area contributed by atoms with E-state index in [9.17, 15) is 9.59 Å². The number of ether oxygens (including phenoxy) is 1. The summed E-state index contributed by atoms with van der Waals surface area (Å²) in [6, 6.07) is 7.61. The number of hydrogen-bond donors (Lipinski definition) is 2. The third-order valence-electron chi connectivity index (χ3n) is 5.31. The summed E-state index contributed by atoms with van der Waals surface area (Å²) in [6.07, 6.45) is 1.51. The van der Waals surface area contributed by atoms with Crippen LogP contribution in [-0.2, 0) is 17.8 Å². The van der Waals surface area contributed by atoms with Gasteiger partial charge in [-0.2, -0.15) is 0 Å². The molecule has 2 aliphatic rings. The number of nitrogens with one attached hydrogen (secondary N) is 1. The van der Waals surface area contributed by atoms with E-state index >= 15 is 0 Å². The van der Waals surface area contributed by atoms with Gasteiger partial charge in [0.1, 0.15) is 0 Å². The van der Waals surface area contributed by atoms with E-state index in [0.717, 1.165) is 29.5 Å². The number of hydrogen-bond acceptors (Lipinski definition) is 3. The van der Waals surface area contributed by atoms with Crippen molar-refractivity contribution in [3.63, 3.8) is 0 Å². The fourth-order valence-electron chi connectivity index (χ4n) is 3.94. The van der Waals surface area contributed by atoms with Gasteiger partial charge in [-0.25, -0.2) is 4.79 Å². The Bertz CT molecular complexity index is 837. The quantitative estimate of drug-likeness (QED) is 0.842. The van der Waals surface area contributed by atoms with Gasteiger partial charge in [-0.15, -0.1) is 0 Å². The molecular weight excluding hydrogens is 308 g/mol. The second kappa shape index (κ2) is 5.94. The van der Waals surface area contributed by atoms with Crippen molar-refractivity contribution in [1.29, 1.82) is 0 Å². The number of H-pyrrole nitrogens is 1. The van der Waals surface area contributed by atoms with Gasteiger partial charge < -0.3 is 19.7 Å². The minimum atomic E-state index is -0.848. The molecule has 1 amide bonds. The molecule has 0 radical (unpaired) electrons. The second-order valence-corrected chi connectivity index (χ2v) is 6.62. The Labute approximate surface area is 139 Å². The number of carbonyl (C=O) groups is 1. The SMILES string of the molecule is O=C(O)N1CCC([C@H]2Cc3[nH]c(=O)c4ccccc4c3CO2)CC1. The van der Waals surface area contributed by atoms with Crippen molar-refractivity contribution in [2.45, 2.75) is 32.0 Å². The van der Waals surface area contributed by atoms with Crippen LogP contribution in [0.15, 0.2) is 29.1 Å². The standard InChI is InChI=1S/C18H20N2O4/c21-17-13-4-2-1-3-12(13)14-10-24-16(9-15(14)19-17)11-5-7-20(8-6-11)18(22)23/h1-4,11,16H,5-10H2,(H,19,21)(H,22,23)/t16-/m1/s1. The molecule has 0 spiro atoms. The van der Waals surface area contributed by atoms with Crippen LogP contribution in [0.2, 0.25) is 0 Å². The van der Waals surface area contributed by atoms with Crippen molar-refractivity contribution in [2.75, 3.05) is 13.1 Å². The van der Waals surface area contributed by atoms with Gasteiger partial charge in [0, 0.05) is 36.2 Å². The van der Waals surface area contributed by atoms with Crippen molar-refractivity contribution >= 4 is 16.9 Å². The van der Waals surface area contributed by atoms with Crippen molar-refractivity contribution in [1.82, 2.24) is 9.88 Å². The Balaban J connectivity index is 1.57. The number of pyridine rings is 1. The number of aromatic amines is 1. The monoisotopic (exact) mass is 328 g/mol. The molecule has 0 aliphatic carbocycles. The van der Waals surface area contributed by atoms with E-state index in [1.54, 1.807) is 0 Å². The van der Waals surface area contributed by atoms with E-state index in [2.05, 4.69) is 4.98 Å². The Kier molecular flexibility index (Phi) is 3.76. The topological polar surface area (TPSA) is 82.6 Å². The van der Waals surface area contributed by atoms with Gasteiger partial charge in [-0.1, -0.05) is 18.2 Å². The third-order valence-corrected chi connectivity index (χ3v) is 5.31. The van der Waals surface area contributed by atoms with Crippen molar-refractivity contribution in [2.24, 2.45) is 5.92 Å². The highest BCUT2D eigenvalue weighted by Gasteiger charge is 2.32. The summed E-state index contributed by atoms with van der Waals surface area (Å²) in [5, 5.41) is 10.7. The Morgan fingerprint density at radius 2 is 1.92 bits per heavy atom. The Morgan fingerprint density at radius 3 is 2.62 bits per heavy atom. The number of likely N-dealkylation sites (tertiary alicyclic amines) is 1. The highest BCUT2D eigenvalue weighted by Crippen LogP contribution is 2.31. The first-order chi connectivity index (χ1) is 11.6. The van der Waals surface area contributed by atoms with E-state index in [4.69, 9.17) is 9.84 Å². The molecule has 1 saturated heterocycles. The van der Waals surface area contributed by atoms with E-state index in [-0.39, 0.29) is 11.7 Å². The molecule has 4 rings (SSSR count). The average molecular weight is 328 g/mol. The summed E-state index contributed by atoms with van der Waals surface area (Å²) in [4.78, 5) is 27.8. The Hall–Kier alpha value is -2.34. The zero-order chi connectivity index (χ0) is 16.7. The molecule has 0 unspecified atom stereocenters. The zero-order valence-corrected chi connectivity index (χ0v) is 13.3. The number of fused-ring (bicyclic) bond motifs is 3. The van der Waals surface area contributed by atoms with Gasteiger partial charge in [-0.3, -0.25) is 4.79 Å². The minimum Gasteiger partial charge on any atom is -0.465 e. The van der Waals surface area contributed by atoms with Crippen LogP contribution in [0.4, 0.5) is 4.79 Å². The predicted octanol–water partition coefficient (Wildman–Crippen LogP) is 2.36. The summed E-state index contributed by atoms with van der Waals surface area (Å²) < 4.78 is 6.10. The summed E-state index contributed by atoms with van der Waals surface area (Å²) in [7, 11) is 0. The molecule has 6 heteroatoms. The summed E-state index contributed by atoms with van der Waals surface area (Å²) in [5.41, 5.74) is 1.99. The van der Waals surface area contributed by atoms with Gasteiger partial charge in [0.05, 0.1) is 12.7 Å². The molecule has 1 atom stereocenters. The lowest BCUT2D eigenvalue weighted by molar-refractivity contribution is -0.0272. The van der Waals surface area contributed by atoms with Crippen LogP contribution in [0, 0.1) is 5.92 Å². The van der Waals surface area contributed by atoms with Gasteiger partial charge in [0.25, 0.3) is 5.56 Å². The number of aromatic nitrogens is 1. The molecule has 24 heavy (non-hydrogen) atoms. The maximum atomic E-state index is 12.3. The highest BCUT2D eigenvalue weighted by atomic mass is 16.5. The van der Waals surface area contributed by atoms with E-state index in [1.165, 1.54) is 4.90 Å². The molecule has 0 saturated carbocycles. The molecule has 1 aromatic heterocycles. The van der Waals surface area contributed by atoms with Gasteiger partial charge in [0.2, 0.25) is 0 Å². The number of benzene rings is 1. The van der Waals surface area contributed by atoms with Crippen LogP contribution in [-0.4, -0.2) is 40.3 Å². The molecule has 6 nitrogen and oxygen atoms in total. The van der Waals surface area contributed by atoms with Crippen molar-refractivity contribution in [3.8, 4) is 0 Å². The lowest BCUT2D eigenvalue weighted by Crippen LogP contribution is -2.42. The second-order valence-electron chi connectivity index (χ2n) is 6.62. The maximum absolute atomic E-state index is 12.3. The number of rotatable bonds is 1. The molecule has 3 heterocycles. The third kappa shape index (κ3) is 2.57. The van der Waals surface area contributed by atoms with Crippen LogP contribution in [0.3, 0.4) is 0 Å². The fraction of sp³-hybridized carbons (Fsp3) is 0.444. The number of nitrogens with zero attached hydrogens (tertiary/aromatic N) is 1. The summed E-state index contributed by atoms with van der Waals surface area (Å²) in [5.74, 6) is 0.337. The molecule has 1 fully saturated rings. The van der Waals surface area contributed by atoms with Crippen molar-refractivity contribution in [3.05, 3.63) is 45.9 Å². The van der Waals surface area contributed by atoms with Gasteiger partial charge >= 0.3 is 6.09 Å². The van der Waals surface area contributed by atoms with E-state index in [1.807, 2.05) is 24.3 Å². The normalized spacial score (nSPS) is 21.7. The first-order valence-corrected chi connectivity index (χ1v) is 8.35. The highest BCUT2D eigenvalue weighted by molar-refractivity contribution is 5.85. The summed E-state index contributed by atoms with van der Waals surface area (Å²) in [6.45, 7) is 1.61. The lowest BCUT2D eigenvalue weighted by Gasteiger charge is -2.37. The van der Waals surface area contributed by atoms with Crippen LogP contribution in [0.25, 0.3) is 10.8 Å². The Morgan fingerprint density at radius 1 is 1.21 bits per heavy atom. The van der Waals surface area contributed by atoms with E-state index < -0.39 is 6.09 Å². The molecular formula is C18H20N2O4. The van der Waals surface area contributed by atoms with E-state index in [0.29, 0.717) is 37.4 Å². The largest absolute Gasteiger partial charge is 0.465 e. The lowest BCUT2D eigenvalue weighted by atomic mass is 9.86. The molecule has 1 aromatic carbocycles. The van der Waals surface area contributed by atoms with Gasteiger partial charge in [-0.05, 0) is 30.2 Å². The van der Waals surface area contributed by atoms with Gasteiger partial charge in [0.15, 0.2) is 0 Å². The van der Waals surface area contributed by atoms with Crippen molar-refractivity contribution < 1.29 is 14.6 Å². The number of carboxylic acid groups (broad SMARTS) is 1. The molecule has 0 bridgehead atoms. The molecule has 126 valence electrons. The fourth-order valence-corrected chi connectivity index (χ4v) is 3.94. The average Bonchev–Trinajstić information content (AvgIpc) is 2.61. The maximum Gasteiger partial charge on any atom is 0.407 e. The molecule has 2 N–H and O–H groups in total. The predicted molar refractivity (Wildman–Crippen MR) is 89.2 cm³/mol. The van der Waals surface area contributed by atoms with Crippen LogP contribution in [0.1, 0.15) is 24.1 Å². The number of piperidine rings is 1. The number of amides is 1. The molecule has 2 aliphatic heterocycles. The minimum absolute atomic E-state index is 0.0465. The first-order valence-electron chi connectivity index (χ1n) is 8.35. The van der Waals surface area contributed by atoms with Crippen LogP contribution in [0.5, 0.6) is 0 Å². The smallest absolute Gasteiger partial charge is 0.407 e. The summed E-state index contributed by atoms with van der Waals surface area (Å²) >= 11 is 0. The first kappa shape index (κ1) is 15.2. The molecule has 2 aromatic rings.